The molecule has 0 spiro atoms. The Kier molecular flexibility index (Phi) is 1.22. The molecule has 0 atom stereocenters. The van der Waals surface area contributed by atoms with Gasteiger partial charge >= 0.3 is 6.01 Å². The van der Waals surface area contributed by atoms with Gasteiger partial charge in [-0.1, -0.05) is 0 Å². The van der Waals surface area contributed by atoms with Crippen LogP contribution in [0.3, 0.4) is 0 Å². The molecular formula is C5H5N2O2. The van der Waals surface area contributed by atoms with Crippen molar-refractivity contribution in [1.29, 1.82) is 0 Å². The smallest absolute Gasteiger partial charge is 0.302 e. The lowest BCUT2D eigenvalue weighted by molar-refractivity contribution is 0.101. The number of imidazole rings is 1. The van der Waals surface area contributed by atoms with Gasteiger partial charge in [-0.3, -0.25) is 4.79 Å². The molecule has 1 aromatic heterocycles. The highest BCUT2D eigenvalue weighted by Gasteiger charge is 2.02. The molecular weight excluding hydrogens is 120 g/mol. The zero-order chi connectivity index (χ0) is 6.85. The van der Waals surface area contributed by atoms with Crippen molar-refractivity contribution in [2.75, 3.05) is 0 Å². The molecule has 0 saturated heterocycles. The standard InChI is InChI=1S/C5H5N2O2/c1-3(8)4-2-6-5(9)7-4/h2H,1H3,(H,6,7). The van der Waals surface area contributed by atoms with Crippen LogP contribution in [0.1, 0.15) is 17.4 Å². The van der Waals surface area contributed by atoms with E-state index in [2.05, 4.69) is 9.97 Å². The van der Waals surface area contributed by atoms with Crippen LogP contribution < -0.4 is 0 Å². The summed E-state index contributed by atoms with van der Waals surface area (Å²) in [6.07, 6.45) is 1.23. The summed E-state index contributed by atoms with van der Waals surface area (Å²) < 4.78 is 0. The zero-order valence-corrected chi connectivity index (χ0v) is 4.84. The van der Waals surface area contributed by atoms with Gasteiger partial charge < -0.3 is 4.98 Å². The molecule has 0 bridgehead atoms. The Balaban J connectivity index is 2.98. The Hall–Kier alpha value is -1.32. The average molecular weight is 125 g/mol. The van der Waals surface area contributed by atoms with Gasteiger partial charge in [-0.05, 0) is 0 Å². The van der Waals surface area contributed by atoms with E-state index in [-0.39, 0.29) is 11.5 Å². The lowest BCUT2D eigenvalue weighted by atomic mass is 10.3. The predicted octanol–water partition coefficient (Wildman–Crippen LogP) is 0.756. The van der Waals surface area contributed by atoms with Gasteiger partial charge in [0, 0.05) is 6.92 Å². The molecule has 0 aliphatic heterocycles. The molecule has 4 heteroatoms. The molecule has 0 fully saturated rings. The van der Waals surface area contributed by atoms with Crippen molar-refractivity contribution in [3.8, 4) is 6.01 Å². The second-order valence-corrected chi connectivity index (χ2v) is 1.66. The van der Waals surface area contributed by atoms with Gasteiger partial charge in [-0.2, -0.15) is 4.98 Å². The number of aromatic amines is 1. The van der Waals surface area contributed by atoms with E-state index in [4.69, 9.17) is 0 Å². The minimum atomic E-state index is -0.472. The topological polar surface area (TPSA) is 65.7 Å². The largest absolute Gasteiger partial charge is 0.345 e. The van der Waals surface area contributed by atoms with E-state index in [9.17, 15) is 9.90 Å². The van der Waals surface area contributed by atoms with Crippen LogP contribution >= 0.6 is 0 Å². The molecule has 0 aliphatic rings. The van der Waals surface area contributed by atoms with E-state index in [1.165, 1.54) is 13.1 Å². The van der Waals surface area contributed by atoms with Crippen LogP contribution in [-0.2, 0) is 5.11 Å². The maximum Gasteiger partial charge on any atom is 0.345 e. The summed E-state index contributed by atoms with van der Waals surface area (Å²) in [7, 11) is 0. The van der Waals surface area contributed by atoms with Gasteiger partial charge in [0.15, 0.2) is 5.78 Å². The molecule has 1 radical (unpaired) electrons. The number of ketones is 1. The van der Waals surface area contributed by atoms with Crippen LogP contribution in [0.25, 0.3) is 0 Å². The van der Waals surface area contributed by atoms with E-state index in [0.29, 0.717) is 0 Å². The summed E-state index contributed by atoms with van der Waals surface area (Å²) in [6, 6.07) is -0.472. The minimum Gasteiger partial charge on any atom is -0.302 e. The molecule has 0 unspecified atom stereocenters. The lowest BCUT2D eigenvalue weighted by Gasteiger charge is -1.80. The molecule has 0 amide bonds. The molecule has 4 nitrogen and oxygen atoms in total. The predicted molar refractivity (Wildman–Crippen MR) is 28.7 cm³/mol. The molecule has 0 aliphatic carbocycles. The molecule has 1 N–H and O–H groups in total. The number of aromatic nitrogens is 2. The third-order valence-corrected chi connectivity index (χ3v) is 0.932. The first kappa shape index (κ1) is 5.81. The fourth-order valence-electron chi connectivity index (χ4n) is 0.482. The maximum absolute atomic E-state index is 10.4. The maximum atomic E-state index is 10.4. The number of H-pyrrole nitrogens is 1. The number of nitrogens with zero attached hydrogens (tertiary/aromatic N) is 1. The number of hydrogen-bond acceptors (Lipinski definition) is 2. The first-order valence-corrected chi connectivity index (χ1v) is 2.43. The van der Waals surface area contributed by atoms with Crippen LogP contribution in [0.5, 0.6) is 6.01 Å². The normalized spacial score (nSPS) is 9.44. The van der Waals surface area contributed by atoms with Crippen molar-refractivity contribution in [2.24, 2.45) is 0 Å². The second-order valence-electron chi connectivity index (χ2n) is 1.66. The fraction of sp³-hybridized carbons (Fsp3) is 0.200. The number of nitrogens with one attached hydrogen (secondary N) is 1. The Morgan fingerprint density at radius 2 is 2.44 bits per heavy atom. The number of hydrogen-bond donors (Lipinski definition) is 1. The summed E-state index contributed by atoms with van der Waals surface area (Å²) >= 11 is 0. The van der Waals surface area contributed by atoms with Gasteiger partial charge in [0.25, 0.3) is 0 Å². The lowest BCUT2D eigenvalue weighted by Crippen LogP contribution is -1.89. The molecule has 1 heterocycles. The quantitative estimate of drug-likeness (QED) is 0.563. The number of rotatable bonds is 1. The molecule has 1 aromatic rings. The molecule has 9 heavy (non-hydrogen) atoms. The summed E-state index contributed by atoms with van der Waals surface area (Å²) in [5, 5.41) is 10.3. The average Bonchev–Trinajstić information content (AvgIpc) is 2.14. The van der Waals surface area contributed by atoms with Gasteiger partial charge in [-0.15, -0.1) is 0 Å². The van der Waals surface area contributed by atoms with Crippen molar-refractivity contribution < 1.29 is 9.90 Å². The number of Topliss-reactive ketones (excluding diaryl/α,β-unsaturated/α-hetero) is 1. The highest BCUT2D eigenvalue weighted by atomic mass is 16.3. The fourth-order valence-corrected chi connectivity index (χ4v) is 0.482. The van der Waals surface area contributed by atoms with Crippen molar-refractivity contribution in [3.63, 3.8) is 0 Å². The van der Waals surface area contributed by atoms with Crippen molar-refractivity contribution in [1.82, 2.24) is 9.97 Å². The van der Waals surface area contributed by atoms with E-state index in [0.717, 1.165) is 0 Å². The minimum absolute atomic E-state index is 0.176. The van der Waals surface area contributed by atoms with Crippen molar-refractivity contribution in [3.05, 3.63) is 11.9 Å². The summed E-state index contributed by atoms with van der Waals surface area (Å²) in [5.41, 5.74) is 0.264. The van der Waals surface area contributed by atoms with Crippen LogP contribution in [0.2, 0.25) is 0 Å². The first-order valence-electron chi connectivity index (χ1n) is 2.43. The van der Waals surface area contributed by atoms with E-state index >= 15 is 0 Å². The summed E-state index contributed by atoms with van der Waals surface area (Å²) in [5.74, 6) is -0.176. The Morgan fingerprint density at radius 3 is 2.67 bits per heavy atom. The van der Waals surface area contributed by atoms with Crippen molar-refractivity contribution in [2.45, 2.75) is 6.92 Å². The summed E-state index contributed by atoms with van der Waals surface area (Å²) in [4.78, 5) is 16.0. The highest BCUT2D eigenvalue weighted by molar-refractivity contribution is 5.91. The molecule has 0 saturated carbocycles. The number of carbonyl (C=O) groups is 1. The first-order chi connectivity index (χ1) is 4.20. The third-order valence-electron chi connectivity index (χ3n) is 0.932. The Morgan fingerprint density at radius 1 is 1.78 bits per heavy atom. The SMILES string of the molecule is CC(=O)c1cnc([O])[nH]1. The van der Waals surface area contributed by atoms with E-state index in [1.54, 1.807) is 0 Å². The van der Waals surface area contributed by atoms with E-state index < -0.39 is 6.01 Å². The van der Waals surface area contributed by atoms with E-state index in [1.807, 2.05) is 0 Å². The van der Waals surface area contributed by atoms with Gasteiger partial charge in [0.1, 0.15) is 5.69 Å². The van der Waals surface area contributed by atoms with Gasteiger partial charge in [0.05, 0.1) is 6.20 Å². The second kappa shape index (κ2) is 1.89. The van der Waals surface area contributed by atoms with Crippen LogP contribution in [0.15, 0.2) is 6.20 Å². The van der Waals surface area contributed by atoms with Crippen LogP contribution in [0.4, 0.5) is 0 Å². The van der Waals surface area contributed by atoms with Crippen LogP contribution in [0, 0.1) is 0 Å². The van der Waals surface area contributed by atoms with Gasteiger partial charge in [0.2, 0.25) is 0 Å². The monoisotopic (exact) mass is 125 g/mol. The van der Waals surface area contributed by atoms with Crippen LogP contribution in [-0.4, -0.2) is 15.8 Å². The Labute approximate surface area is 51.5 Å². The van der Waals surface area contributed by atoms with Gasteiger partial charge in [-0.25, -0.2) is 5.11 Å². The molecule has 1 rings (SSSR count). The zero-order valence-electron chi connectivity index (χ0n) is 4.84. The highest BCUT2D eigenvalue weighted by Crippen LogP contribution is 2.02. The summed E-state index contributed by atoms with van der Waals surface area (Å²) in [6.45, 7) is 1.37. The van der Waals surface area contributed by atoms with Crippen molar-refractivity contribution >= 4 is 5.78 Å². The Bertz CT molecular complexity index is 229. The third kappa shape index (κ3) is 1.07. The molecule has 0 aromatic carbocycles. The number of carbonyl (C=O) groups excluding carboxylic acids is 1. The molecule has 47 valence electrons.